The predicted molar refractivity (Wildman–Crippen MR) is 123 cm³/mol. The van der Waals surface area contributed by atoms with Crippen molar-refractivity contribution >= 4 is 27.4 Å². The fourth-order valence-corrected chi connectivity index (χ4v) is 4.07. The molecule has 1 aromatic heterocycles. The summed E-state index contributed by atoms with van der Waals surface area (Å²) < 4.78 is 11.0. The number of rotatable bonds is 9. The van der Waals surface area contributed by atoms with Gasteiger partial charge in [0.15, 0.2) is 0 Å². The molecule has 148 valence electrons. The molecule has 1 heterocycles. The molecule has 0 amide bonds. The van der Waals surface area contributed by atoms with Crippen LogP contribution in [0.3, 0.4) is 0 Å². The minimum atomic E-state index is 0.865. The molecule has 5 heteroatoms. The van der Waals surface area contributed by atoms with Gasteiger partial charge in [-0.1, -0.05) is 42.5 Å². The van der Waals surface area contributed by atoms with Crippen molar-refractivity contribution in [2.24, 2.45) is 0 Å². The number of nitrogens with one attached hydrogen (secondary N) is 2. The van der Waals surface area contributed by atoms with Crippen molar-refractivity contribution in [2.45, 2.75) is 13.0 Å². The molecular weight excluding hydrogens is 378 g/mol. The number of nitrogens with zero attached hydrogens (tertiary/aromatic N) is 1. The van der Waals surface area contributed by atoms with E-state index in [2.05, 4.69) is 75.7 Å². The van der Waals surface area contributed by atoms with Gasteiger partial charge in [-0.05, 0) is 71.5 Å². The van der Waals surface area contributed by atoms with Crippen LogP contribution in [-0.2, 0) is 6.54 Å². The van der Waals surface area contributed by atoms with E-state index in [-0.39, 0.29) is 0 Å². The topological polar surface area (TPSA) is 46.2 Å². The van der Waals surface area contributed by atoms with Crippen LogP contribution in [0.25, 0.3) is 21.2 Å². The molecule has 0 radical (unpaired) electrons. The quantitative estimate of drug-likeness (QED) is 0.359. The minimum absolute atomic E-state index is 0.865. The van der Waals surface area contributed by atoms with E-state index in [4.69, 9.17) is 4.74 Å². The van der Waals surface area contributed by atoms with Crippen LogP contribution in [0.15, 0.2) is 72.8 Å². The summed E-state index contributed by atoms with van der Waals surface area (Å²) in [4.78, 5) is 0. The first kappa shape index (κ1) is 19.4. The summed E-state index contributed by atoms with van der Waals surface area (Å²) in [5.41, 5.74) is 3.72. The van der Waals surface area contributed by atoms with Crippen molar-refractivity contribution in [3.8, 4) is 16.9 Å². The molecule has 0 aliphatic heterocycles. The number of hydrogen-bond donors (Lipinski definition) is 2. The number of benzene rings is 3. The summed E-state index contributed by atoms with van der Waals surface area (Å²) in [6.07, 6.45) is 1.05. The number of hydrogen-bond acceptors (Lipinski definition) is 5. The Labute approximate surface area is 175 Å². The van der Waals surface area contributed by atoms with Gasteiger partial charge in [0.25, 0.3) is 0 Å². The van der Waals surface area contributed by atoms with Crippen LogP contribution < -0.4 is 15.4 Å². The van der Waals surface area contributed by atoms with Crippen molar-refractivity contribution < 1.29 is 4.74 Å². The van der Waals surface area contributed by atoms with Crippen LogP contribution in [0.5, 0.6) is 5.75 Å². The molecule has 29 heavy (non-hydrogen) atoms. The molecule has 0 bridgehead atoms. The van der Waals surface area contributed by atoms with Crippen LogP contribution in [-0.4, -0.2) is 24.6 Å². The maximum atomic E-state index is 5.24. The average Bonchev–Trinajstić information content (AvgIpc) is 3.19. The molecule has 0 atom stereocenters. The molecule has 4 rings (SSSR count). The maximum Gasteiger partial charge on any atom is 0.147 e. The second-order valence-corrected chi connectivity index (χ2v) is 7.72. The van der Waals surface area contributed by atoms with E-state index >= 15 is 0 Å². The lowest BCUT2D eigenvalue weighted by Crippen LogP contribution is -2.17. The fourth-order valence-electron chi connectivity index (χ4n) is 3.31. The molecular formula is C24H25N3OS. The predicted octanol–water partition coefficient (Wildman–Crippen LogP) is 5.56. The van der Waals surface area contributed by atoms with E-state index in [9.17, 15) is 0 Å². The zero-order valence-corrected chi connectivity index (χ0v) is 17.3. The molecule has 0 aliphatic carbocycles. The maximum absolute atomic E-state index is 5.24. The van der Waals surface area contributed by atoms with Crippen LogP contribution in [0.4, 0.5) is 5.82 Å². The smallest absolute Gasteiger partial charge is 0.147 e. The highest BCUT2D eigenvalue weighted by Gasteiger charge is 2.04. The highest BCUT2D eigenvalue weighted by molar-refractivity contribution is 7.13. The Morgan fingerprint density at radius 3 is 2.62 bits per heavy atom. The summed E-state index contributed by atoms with van der Waals surface area (Å²) in [6.45, 7) is 2.73. The standard InChI is InChI=1S/C24H25N3OS/c1-28-21-12-10-19(11-13-21)20-7-4-6-18(16-20)17-25-14-5-15-26-24-22-8-2-3-9-23(22)29-27-24/h2-4,6-13,16,25H,5,14-15,17H2,1H3,(H,26,27). The van der Waals surface area contributed by atoms with E-state index in [1.54, 1.807) is 18.6 Å². The molecule has 0 unspecified atom stereocenters. The molecule has 2 N–H and O–H groups in total. The van der Waals surface area contributed by atoms with Gasteiger partial charge in [-0.25, -0.2) is 0 Å². The zero-order valence-electron chi connectivity index (χ0n) is 16.5. The molecule has 0 saturated carbocycles. The van der Waals surface area contributed by atoms with E-state index in [0.717, 1.165) is 37.6 Å². The van der Waals surface area contributed by atoms with Gasteiger partial charge in [0, 0.05) is 18.5 Å². The Bertz CT molecular complexity index is 1060. The van der Waals surface area contributed by atoms with Crippen LogP contribution >= 0.6 is 11.5 Å². The van der Waals surface area contributed by atoms with Crippen LogP contribution in [0.1, 0.15) is 12.0 Å². The van der Waals surface area contributed by atoms with E-state index in [0.29, 0.717) is 0 Å². The number of aromatic nitrogens is 1. The minimum Gasteiger partial charge on any atom is -0.497 e. The van der Waals surface area contributed by atoms with Crippen molar-refractivity contribution in [1.82, 2.24) is 9.69 Å². The first-order chi connectivity index (χ1) is 14.3. The highest BCUT2D eigenvalue weighted by Crippen LogP contribution is 2.26. The lowest BCUT2D eigenvalue weighted by Gasteiger charge is -2.09. The van der Waals surface area contributed by atoms with Gasteiger partial charge in [0.05, 0.1) is 11.8 Å². The summed E-state index contributed by atoms with van der Waals surface area (Å²) in [6, 6.07) is 25.2. The normalized spacial score (nSPS) is 10.9. The first-order valence-electron chi connectivity index (χ1n) is 9.86. The van der Waals surface area contributed by atoms with Crippen LogP contribution in [0.2, 0.25) is 0 Å². The zero-order chi connectivity index (χ0) is 19.9. The monoisotopic (exact) mass is 403 g/mol. The average molecular weight is 404 g/mol. The van der Waals surface area contributed by atoms with Crippen molar-refractivity contribution in [1.29, 1.82) is 0 Å². The number of methoxy groups -OCH3 is 1. The van der Waals surface area contributed by atoms with Crippen molar-refractivity contribution in [3.05, 3.63) is 78.4 Å². The third kappa shape index (κ3) is 4.94. The summed E-state index contributed by atoms with van der Waals surface area (Å²) in [5.74, 6) is 1.88. The third-order valence-corrected chi connectivity index (χ3v) is 5.71. The van der Waals surface area contributed by atoms with Gasteiger partial charge >= 0.3 is 0 Å². The lowest BCUT2D eigenvalue weighted by atomic mass is 10.0. The molecule has 0 fully saturated rings. The van der Waals surface area contributed by atoms with E-state index in [1.807, 2.05) is 12.1 Å². The fraction of sp³-hybridized carbons (Fsp3) is 0.208. The Morgan fingerprint density at radius 1 is 0.897 bits per heavy atom. The molecule has 4 nitrogen and oxygen atoms in total. The number of fused-ring (bicyclic) bond motifs is 1. The van der Waals surface area contributed by atoms with Gasteiger partial charge in [-0.3, -0.25) is 0 Å². The first-order valence-corrected chi connectivity index (χ1v) is 10.6. The summed E-state index contributed by atoms with van der Waals surface area (Å²) >= 11 is 1.55. The molecule has 0 aliphatic rings. The van der Waals surface area contributed by atoms with Crippen molar-refractivity contribution in [2.75, 3.05) is 25.5 Å². The molecule has 0 saturated heterocycles. The second-order valence-electron chi connectivity index (χ2n) is 6.91. The van der Waals surface area contributed by atoms with Gasteiger partial charge in [0.1, 0.15) is 11.6 Å². The molecule has 4 aromatic rings. The largest absolute Gasteiger partial charge is 0.497 e. The lowest BCUT2D eigenvalue weighted by molar-refractivity contribution is 0.415. The Balaban J connectivity index is 1.23. The van der Waals surface area contributed by atoms with E-state index < -0.39 is 0 Å². The highest BCUT2D eigenvalue weighted by atomic mass is 32.1. The Kier molecular flexibility index (Phi) is 6.39. The summed E-state index contributed by atoms with van der Waals surface area (Å²) in [7, 11) is 1.69. The van der Waals surface area contributed by atoms with Gasteiger partial charge in [0.2, 0.25) is 0 Å². The third-order valence-electron chi connectivity index (χ3n) is 4.88. The summed E-state index contributed by atoms with van der Waals surface area (Å²) in [5, 5.41) is 8.20. The Hall–Kier alpha value is -2.89. The van der Waals surface area contributed by atoms with Crippen LogP contribution in [0, 0.1) is 0 Å². The van der Waals surface area contributed by atoms with Gasteiger partial charge in [-0.2, -0.15) is 4.37 Å². The number of anilines is 1. The SMILES string of the molecule is COc1ccc(-c2cccc(CNCCCNc3nsc4ccccc34)c2)cc1. The van der Waals surface area contributed by atoms with Crippen molar-refractivity contribution in [3.63, 3.8) is 0 Å². The Morgan fingerprint density at radius 2 is 1.76 bits per heavy atom. The molecule has 3 aromatic carbocycles. The molecule has 0 spiro atoms. The second kappa shape index (κ2) is 9.54. The van der Waals surface area contributed by atoms with E-state index in [1.165, 1.54) is 26.8 Å². The van der Waals surface area contributed by atoms with Gasteiger partial charge < -0.3 is 15.4 Å². The van der Waals surface area contributed by atoms with Gasteiger partial charge in [-0.15, -0.1) is 0 Å². The number of ether oxygens (including phenoxy) is 1.